The molecule has 0 heterocycles. The van der Waals surface area contributed by atoms with Crippen LogP contribution in [0.25, 0.3) is 0 Å². The molecule has 0 aromatic rings. The minimum Gasteiger partial charge on any atom is -1.00 e. The van der Waals surface area contributed by atoms with Crippen LogP contribution < -0.4 is 182 Å². The Kier molecular flexibility index (Phi) is 1100. The first-order valence-corrected chi connectivity index (χ1v) is 0. The van der Waals surface area contributed by atoms with Crippen LogP contribution in [0.15, 0.2) is 0 Å². The van der Waals surface area contributed by atoms with Gasteiger partial charge in [-0.1, -0.05) is 0 Å². The van der Waals surface area contributed by atoms with E-state index in [1.807, 2.05) is 0 Å². The molecule has 0 atom stereocenters. The molecule has 0 radical (unpaired) electrons. The molecular formula is H6AlF6K3. The monoisotopic (exact) mass is 264 g/mol. The van der Waals surface area contributed by atoms with Gasteiger partial charge in [0.05, 0.1) is 0 Å². The summed E-state index contributed by atoms with van der Waals surface area (Å²) in [6.07, 6.45) is 0. The molecule has 0 aromatic carbocycles. The molecule has 0 saturated heterocycles. The van der Waals surface area contributed by atoms with E-state index >= 15 is 0 Å². The first kappa shape index (κ1) is 117. The molecule has 0 aliphatic rings. The summed E-state index contributed by atoms with van der Waals surface area (Å²) in [7, 11) is 0. The predicted octanol–water partition coefficient (Wildman–Crippen LogP) is -26.6. The van der Waals surface area contributed by atoms with Gasteiger partial charge >= 0.3 is 172 Å². The van der Waals surface area contributed by atoms with Crippen molar-refractivity contribution >= 4 is 17.4 Å². The summed E-state index contributed by atoms with van der Waals surface area (Å²) in [4.78, 5) is 0. The molecule has 0 aliphatic heterocycles. The molecule has 0 bridgehead atoms. The van der Waals surface area contributed by atoms with E-state index in [0.29, 0.717) is 0 Å². The molecule has 0 spiro atoms. The maximum absolute atomic E-state index is 0. The fraction of sp³-hybridized carbons (Fsp3) is 0. The average molecular weight is 264 g/mol. The van der Waals surface area contributed by atoms with Crippen molar-refractivity contribution in [2.75, 3.05) is 0 Å². The van der Waals surface area contributed by atoms with Crippen molar-refractivity contribution < 1.29 is 187 Å². The van der Waals surface area contributed by atoms with Gasteiger partial charge in [0, 0.05) is 4.28 Å². The van der Waals surface area contributed by atoms with E-state index in [2.05, 4.69) is 0 Å². The van der Waals surface area contributed by atoms with E-state index in [9.17, 15) is 0 Å². The summed E-state index contributed by atoms with van der Waals surface area (Å²) in [6, 6.07) is 0. The smallest absolute Gasteiger partial charge is 1.00 e. The standard InChI is InChI=1S/Al.6FH.3K.3H2/h;6*1H;;;;3*1H/q+3;;;;;;;3*+1;;;/p-6. The maximum Gasteiger partial charge on any atom is 3.00 e. The summed E-state index contributed by atoms with van der Waals surface area (Å²) in [5.74, 6) is 0. The van der Waals surface area contributed by atoms with Gasteiger partial charge in [0.1, 0.15) is 0 Å². The fourth-order valence-electron chi connectivity index (χ4n) is 0. The van der Waals surface area contributed by atoms with Gasteiger partial charge in [-0.3, -0.25) is 0 Å². The van der Waals surface area contributed by atoms with Gasteiger partial charge < -0.3 is 28.2 Å². The molecule has 0 saturated carbocycles. The van der Waals surface area contributed by atoms with E-state index in [0.717, 1.165) is 0 Å². The SMILES string of the molecule is [Al+3].[F-].[F-].[F-].[F-].[F-].[F-].[HH].[HH].[HH].[K+].[K+].[K+]. The summed E-state index contributed by atoms with van der Waals surface area (Å²) < 4.78 is 0. The molecule has 10 heavy (non-hydrogen) atoms. The number of hydrogen-bond acceptors (Lipinski definition) is 0. The van der Waals surface area contributed by atoms with Gasteiger partial charge in [-0.15, -0.1) is 0 Å². The molecular weight excluding hydrogens is 258 g/mol. The Morgan fingerprint density at radius 2 is 0.400 bits per heavy atom. The van der Waals surface area contributed by atoms with Crippen molar-refractivity contribution in [1.29, 1.82) is 0 Å². The predicted molar refractivity (Wildman–Crippen MR) is 12.1 cm³/mol. The van der Waals surface area contributed by atoms with Crippen LogP contribution >= 0.6 is 0 Å². The Morgan fingerprint density at radius 1 is 0.400 bits per heavy atom. The quantitative estimate of drug-likeness (QED) is 0.301. The van der Waals surface area contributed by atoms with Gasteiger partial charge in [0.15, 0.2) is 0 Å². The first-order chi connectivity index (χ1) is 0. The van der Waals surface area contributed by atoms with Crippen molar-refractivity contribution in [2.24, 2.45) is 0 Å². The van der Waals surface area contributed by atoms with Crippen LogP contribution in [0.1, 0.15) is 4.28 Å². The average Bonchev–Trinajstić information content (AvgIpc) is 0. The van der Waals surface area contributed by atoms with E-state index in [4.69, 9.17) is 0 Å². The second kappa shape index (κ2) is 94.3. The minimum absolute atomic E-state index is 0. The number of hydrogen-bond donors (Lipinski definition) is 0. The molecule has 54 valence electrons. The van der Waals surface area contributed by atoms with E-state index in [-0.39, 0.29) is 204 Å². The van der Waals surface area contributed by atoms with Gasteiger partial charge in [0.2, 0.25) is 0 Å². The van der Waals surface area contributed by atoms with E-state index in [1.165, 1.54) is 0 Å². The minimum atomic E-state index is 0. The maximum atomic E-state index is 0. The molecule has 0 rings (SSSR count). The topological polar surface area (TPSA) is 0 Å². The van der Waals surface area contributed by atoms with Crippen molar-refractivity contribution in [3.8, 4) is 0 Å². The Labute approximate surface area is 198 Å². The molecule has 0 nitrogen and oxygen atoms in total. The number of rotatable bonds is 0. The summed E-state index contributed by atoms with van der Waals surface area (Å²) in [5.41, 5.74) is 0. The molecule has 0 fully saturated rings. The first-order valence-electron chi connectivity index (χ1n) is 0. The normalized spacial score (nSPS) is 0. The van der Waals surface area contributed by atoms with Crippen LogP contribution in [0.5, 0.6) is 0 Å². The Balaban J connectivity index is 0. The summed E-state index contributed by atoms with van der Waals surface area (Å²) in [6.45, 7) is 0. The zero-order valence-corrected chi connectivity index (χ0v) is 16.4. The van der Waals surface area contributed by atoms with Crippen molar-refractivity contribution in [3.05, 3.63) is 0 Å². The number of halogens is 6. The molecule has 0 amide bonds. The third kappa shape index (κ3) is 74.6. The largest absolute Gasteiger partial charge is 3.00 e. The van der Waals surface area contributed by atoms with Gasteiger partial charge in [0.25, 0.3) is 0 Å². The second-order valence-corrected chi connectivity index (χ2v) is 0. The third-order valence-electron chi connectivity index (χ3n) is 0. The van der Waals surface area contributed by atoms with Crippen LogP contribution in [0, 0.1) is 0 Å². The summed E-state index contributed by atoms with van der Waals surface area (Å²) in [5, 5.41) is 0. The fourth-order valence-corrected chi connectivity index (χ4v) is 0. The Morgan fingerprint density at radius 3 is 0.400 bits per heavy atom. The van der Waals surface area contributed by atoms with E-state index in [1.54, 1.807) is 0 Å². The van der Waals surface area contributed by atoms with Crippen LogP contribution in [-0.2, 0) is 0 Å². The summed E-state index contributed by atoms with van der Waals surface area (Å²) >= 11 is 0. The third-order valence-corrected chi connectivity index (χ3v) is 0. The van der Waals surface area contributed by atoms with Gasteiger partial charge in [-0.05, 0) is 0 Å². The Bertz CT molecular complexity index is 23.1. The second-order valence-electron chi connectivity index (χ2n) is 0. The molecule has 0 N–H and O–H groups in total. The molecule has 10 heteroatoms. The van der Waals surface area contributed by atoms with Crippen LogP contribution in [0.4, 0.5) is 0 Å². The van der Waals surface area contributed by atoms with Crippen LogP contribution in [-0.4, -0.2) is 17.4 Å². The zero-order valence-electron chi connectivity index (χ0n) is 5.85. The van der Waals surface area contributed by atoms with Crippen LogP contribution in [0.3, 0.4) is 0 Å². The molecule has 0 aliphatic carbocycles. The van der Waals surface area contributed by atoms with Crippen molar-refractivity contribution in [3.63, 3.8) is 0 Å². The van der Waals surface area contributed by atoms with Crippen molar-refractivity contribution in [2.45, 2.75) is 0 Å². The molecule has 0 aromatic heterocycles. The zero-order chi connectivity index (χ0) is 0. The Hall–Kier alpha value is 5.02. The van der Waals surface area contributed by atoms with Gasteiger partial charge in [-0.25, -0.2) is 0 Å². The van der Waals surface area contributed by atoms with Crippen molar-refractivity contribution in [1.82, 2.24) is 0 Å². The molecule has 0 unspecified atom stereocenters. The van der Waals surface area contributed by atoms with Gasteiger partial charge in [-0.2, -0.15) is 0 Å². The van der Waals surface area contributed by atoms with E-state index < -0.39 is 0 Å². The van der Waals surface area contributed by atoms with Crippen LogP contribution in [0.2, 0.25) is 0 Å².